The normalized spacial score (nSPS) is 17.4. The predicted octanol–water partition coefficient (Wildman–Crippen LogP) is 4.31. The van der Waals surface area contributed by atoms with E-state index < -0.39 is 29.3 Å². The molecule has 0 radical (unpaired) electrons. The van der Waals surface area contributed by atoms with E-state index in [4.69, 9.17) is 4.74 Å². The van der Waals surface area contributed by atoms with Gasteiger partial charge in [-0.3, -0.25) is 4.79 Å². The molecule has 1 N–H and O–H groups in total. The first-order valence-electron chi connectivity index (χ1n) is 9.04. The number of hydrogen-bond acceptors (Lipinski definition) is 5. The van der Waals surface area contributed by atoms with Crippen LogP contribution in [-0.2, 0) is 17.6 Å². The van der Waals surface area contributed by atoms with E-state index in [0.717, 1.165) is 43.0 Å². The second-order valence-corrected chi connectivity index (χ2v) is 8.21. The van der Waals surface area contributed by atoms with Crippen LogP contribution in [0.3, 0.4) is 0 Å². The van der Waals surface area contributed by atoms with Crippen molar-refractivity contribution in [1.82, 2.24) is 9.97 Å². The van der Waals surface area contributed by atoms with Crippen molar-refractivity contribution in [1.29, 1.82) is 0 Å². The Morgan fingerprint density at radius 2 is 2.07 bits per heavy atom. The third kappa shape index (κ3) is 3.22. The van der Waals surface area contributed by atoms with E-state index >= 15 is 0 Å². The molecule has 0 aliphatic heterocycles. The van der Waals surface area contributed by atoms with Gasteiger partial charge in [-0.1, -0.05) is 13.0 Å². The van der Waals surface area contributed by atoms with Crippen LogP contribution in [0.15, 0.2) is 23.0 Å². The van der Waals surface area contributed by atoms with Gasteiger partial charge in [-0.25, -0.2) is 18.6 Å². The van der Waals surface area contributed by atoms with Gasteiger partial charge in [0, 0.05) is 4.88 Å². The fourth-order valence-corrected chi connectivity index (χ4v) is 4.92. The molecule has 0 unspecified atom stereocenters. The number of aromatic nitrogens is 2. The van der Waals surface area contributed by atoms with E-state index in [2.05, 4.69) is 16.9 Å². The van der Waals surface area contributed by atoms with Crippen molar-refractivity contribution >= 4 is 27.5 Å². The maximum atomic E-state index is 13.8. The number of benzene rings is 1. The van der Waals surface area contributed by atoms with Gasteiger partial charge in [0.15, 0.2) is 11.9 Å². The zero-order chi connectivity index (χ0) is 20.0. The summed E-state index contributed by atoms with van der Waals surface area (Å²) in [5.74, 6) is -2.45. The van der Waals surface area contributed by atoms with Crippen molar-refractivity contribution in [3.63, 3.8) is 0 Å². The lowest BCUT2D eigenvalue weighted by Gasteiger charge is -2.17. The monoisotopic (exact) mass is 404 g/mol. The van der Waals surface area contributed by atoms with Gasteiger partial charge in [-0.05, 0) is 49.8 Å². The van der Waals surface area contributed by atoms with Crippen molar-refractivity contribution in [3.05, 3.63) is 62.0 Å². The Balaban J connectivity index is 1.66. The Labute approximate surface area is 163 Å². The molecule has 1 aromatic carbocycles. The van der Waals surface area contributed by atoms with Crippen molar-refractivity contribution < 1.29 is 18.3 Å². The third-order valence-corrected chi connectivity index (χ3v) is 6.17. The van der Waals surface area contributed by atoms with Crippen LogP contribution < -0.4 is 5.56 Å². The quantitative estimate of drug-likeness (QED) is 0.661. The third-order valence-electron chi connectivity index (χ3n) is 5.02. The maximum Gasteiger partial charge on any atom is 0.344 e. The number of hydrogen-bond donors (Lipinski definition) is 1. The number of halogens is 2. The molecular formula is C20H18F2N2O3S. The molecule has 2 aromatic heterocycles. The van der Waals surface area contributed by atoms with E-state index in [1.54, 1.807) is 0 Å². The molecule has 4 rings (SSSR count). The topological polar surface area (TPSA) is 72.0 Å². The molecule has 0 fully saturated rings. The van der Waals surface area contributed by atoms with Crippen molar-refractivity contribution in [3.8, 4) is 0 Å². The van der Waals surface area contributed by atoms with Gasteiger partial charge in [0.05, 0.1) is 5.39 Å². The molecule has 2 heterocycles. The highest BCUT2D eigenvalue weighted by Crippen LogP contribution is 2.36. The molecule has 0 bridgehead atoms. The van der Waals surface area contributed by atoms with Gasteiger partial charge in [0.2, 0.25) is 0 Å². The summed E-state index contributed by atoms with van der Waals surface area (Å²) >= 11 is 1.48. The Morgan fingerprint density at radius 1 is 1.36 bits per heavy atom. The first-order chi connectivity index (χ1) is 13.3. The van der Waals surface area contributed by atoms with Crippen molar-refractivity contribution in [2.75, 3.05) is 0 Å². The van der Waals surface area contributed by atoms with Gasteiger partial charge in [-0.2, -0.15) is 0 Å². The molecule has 1 aliphatic carbocycles. The van der Waals surface area contributed by atoms with E-state index in [9.17, 15) is 18.4 Å². The van der Waals surface area contributed by atoms with Crippen molar-refractivity contribution in [2.24, 2.45) is 5.92 Å². The van der Waals surface area contributed by atoms with Crippen molar-refractivity contribution in [2.45, 2.75) is 39.2 Å². The summed E-state index contributed by atoms with van der Waals surface area (Å²) in [5.41, 5.74) is 0.00171. The van der Waals surface area contributed by atoms with Gasteiger partial charge in [0.1, 0.15) is 22.0 Å². The van der Waals surface area contributed by atoms with E-state index in [1.807, 2.05) is 0 Å². The lowest BCUT2D eigenvalue weighted by atomic mass is 9.89. The number of carbonyl (C=O) groups is 1. The molecule has 1 aliphatic rings. The standard InChI is InChI=1S/C20H18F2N2O3S/c1-9-6-7-11-14(8-9)28-19-15(11)18(25)23-17(24-19)10(2)27-20(26)16-12(21)4-3-5-13(16)22/h3-5,9-10H,6-8H2,1-2H3,(H,23,24,25)/t9-,10+/m1/s1. The molecule has 8 heteroatoms. The summed E-state index contributed by atoms with van der Waals surface area (Å²) < 4.78 is 32.7. The number of carbonyl (C=O) groups excluding carboxylic acids is 1. The highest BCUT2D eigenvalue weighted by Gasteiger charge is 2.26. The first kappa shape index (κ1) is 18.7. The molecule has 0 saturated carbocycles. The van der Waals surface area contributed by atoms with Gasteiger partial charge in [-0.15, -0.1) is 11.3 Å². The molecule has 146 valence electrons. The molecular weight excluding hydrogens is 386 g/mol. The number of esters is 1. The minimum atomic E-state index is -1.15. The minimum absolute atomic E-state index is 0.147. The van der Waals surface area contributed by atoms with E-state index in [-0.39, 0.29) is 11.4 Å². The highest BCUT2D eigenvalue weighted by atomic mass is 32.1. The number of ether oxygens (including phenoxy) is 1. The van der Waals surface area contributed by atoms with Crippen LogP contribution >= 0.6 is 11.3 Å². The predicted molar refractivity (Wildman–Crippen MR) is 102 cm³/mol. The van der Waals surface area contributed by atoms with E-state index in [1.165, 1.54) is 23.1 Å². The number of fused-ring (bicyclic) bond motifs is 3. The summed E-state index contributed by atoms with van der Waals surface area (Å²) in [6, 6.07) is 3.12. The number of aromatic amines is 1. The largest absolute Gasteiger partial charge is 0.451 e. The molecule has 3 aromatic rings. The Kier molecular flexibility index (Phi) is 4.74. The summed E-state index contributed by atoms with van der Waals surface area (Å²) in [7, 11) is 0. The Morgan fingerprint density at radius 3 is 2.79 bits per heavy atom. The molecule has 5 nitrogen and oxygen atoms in total. The Bertz CT molecular complexity index is 1120. The maximum absolute atomic E-state index is 13.8. The van der Waals surface area contributed by atoms with Crippen LogP contribution in [0.2, 0.25) is 0 Å². The van der Waals surface area contributed by atoms with E-state index in [0.29, 0.717) is 16.1 Å². The molecule has 0 spiro atoms. The van der Waals surface area contributed by atoms with Gasteiger partial charge < -0.3 is 9.72 Å². The molecule has 28 heavy (non-hydrogen) atoms. The summed E-state index contributed by atoms with van der Waals surface area (Å²) in [6.45, 7) is 3.68. The number of thiophene rings is 1. The number of aryl methyl sites for hydroxylation is 1. The number of nitrogens with one attached hydrogen (secondary N) is 1. The second-order valence-electron chi connectivity index (χ2n) is 7.13. The Hall–Kier alpha value is -2.61. The smallest absolute Gasteiger partial charge is 0.344 e. The molecule has 2 atom stereocenters. The lowest BCUT2D eigenvalue weighted by Crippen LogP contribution is -2.19. The summed E-state index contributed by atoms with van der Waals surface area (Å²) in [5, 5.41) is 0.592. The average molecular weight is 404 g/mol. The number of H-pyrrole nitrogens is 1. The fraction of sp³-hybridized carbons (Fsp3) is 0.350. The van der Waals surface area contributed by atoms with Crippen LogP contribution in [0.25, 0.3) is 10.2 Å². The zero-order valence-electron chi connectivity index (χ0n) is 15.3. The lowest BCUT2D eigenvalue weighted by molar-refractivity contribution is 0.0309. The van der Waals surface area contributed by atoms with Gasteiger partial charge in [0.25, 0.3) is 5.56 Å². The zero-order valence-corrected chi connectivity index (χ0v) is 16.2. The van der Waals surface area contributed by atoms with Crippen LogP contribution in [0, 0.1) is 17.6 Å². The van der Waals surface area contributed by atoms with Crippen LogP contribution in [0.4, 0.5) is 8.78 Å². The molecule has 0 saturated heterocycles. The average Bonchev–Trinajstić information content (AvgIpc) is 2.99. The molecule has 0 amide bonds. The fourth-order valence-electron chi connectivity index (χ4n) is 3.53. The SMILES string of the molecule is C[C@@H]1CCc2c(sc3nc([C@H](C)OC(=O)c4c(F)cccc4F)[nH]c(=O)c23)C1. The highest BCUT2D eigenvalue weighted by molar-refractivity contribution is 7.18. The number of nitrogens with zero attached hydrogens (tertiary/aromatic N) is 1. The van der Waals surface area contributed by atoms with Gasteiger partial charge >= 0.3 is 5.97 Å². The summed E-state index contributed by atoms with van der Waals surface area (Å²) in [4.78, 5) is 33.7. The second kappa shape index (κ2) is 7.09. The van der Waals surface area contributed by atoms with Crippen LogP contribution in [0.1, 0.15) is 53.0 Å². The number of rotatable bonds is 3. The van der Waals surface area contributed by atoms with Crippen LogP contribution in [-0.4, -0.2) is 15.9 Å². The van der Waals surface area contributed by atoms with Crippen LogP contribution in [0.5, 0.6) is 0 Å². The minimum Gasteiger partial charge on any atom is -0.451 e. The summed E-state index contributed by atoms with van der Waals surface area (Å²) in [6.07, 6.45) is 1.82. The first-order valence-corrected chi connectivity index (χ1v) is 9.86.